The number of amides is 1. The van der Waals surface area contributed by atoms with Crippen molar-refractivity contribution in [1.29, 1.82) is 0 Å². The molecule has 0 saturated carbocycles. The topological polar surface area (TPSA) is 68.0 Å². The van der Waals surface area contributed by atoms with E-state index in [4.69, 9.17) is 4.42 Å². The van der Waals surface area contributed by atoms with Crippen molar-refractivity contribution in [3.8, 4) is 0 Å². The quantitative estimate of drug-likeness (QED) is 0.527. The molecule has 0 saturated heterocycles. The van der Waals surface area contributed by atoms with E-state index in [2.05, 4.69) is 22.2 Å². The Morgan fingerprint density at radius 2 is 2.35 bits per heavy atom. The van der Waals surface area contributed by atoms with Crippen LogP contribution in [0.3, 0.4) is 0 Å². The number of aromatic nitrogens is 2. The lowest BCUT2D eigenvalue weighted by Crippen LogP contribution is -2.24. The third kappa shape index (κ3) is 3.64. The molecular weight excluding hydrogens is 366 g/mol. The second-order valence-electron chi connectivity index (χ2n) is 6.75. The number of carbonyl (C=O) groups is 1. The zero-order valence-electron chi connectivity index (χ0n) is 14.9. The van der Waals surface area contributed by atoms with E-state index in [9.17, 15) is 4.79 Å². The lowest BCUT2D eigenvalue weighted by Gasteiger charge is -2.18. The average molecular weight is 388 g/mol. The van der Waals surface area contributed by atoms with E-state index in [-0.39, 0.29) is 5.91 Å². The fraction of sp³-hybridized carbons (Fsp3) is 0.421. The predicted molar refractivity (Wildman–Crippen MR) is 105 cm³/mol. The number of hydrogen-bond acceptors (Lipinski definition) is 6. The van der Waals surface area contributed by atoms with Gasteiger partial charge >= 0.3 is 0 Å². The molecule has 1 amide bonds. The molecule has 0 radical (unpaired) electrons. The highest BCUT2D eigenvalue weighted by Gasteiger charge is 2.24. The molecule has 26 heavy (non-hydrogen) atoms. The van der Waals surface area contributed by atoms with E-state index in [1.807, 2.05) is 19.1 Å². The fourth-order valence-electron chi connectivity index (χ4n) is 3.30. The molecule has 1 unspecified atom stereocenters. The standard InChI is InChI=1S/C19H21N3O2S2/c1-11-5-6-14-15(8-11)26-19-17(14)18(21-12(2)22-19)25-10-16(23)20-9-13-4-3-7-24-13/h3-4,7,11H,5-6,8-10H2,1-2H3,(H,20,23). The maximum atomic E-state index is 12.2. The molecule has 5 nitrogen and oxygen atoms in total. The van der Waals surface area contributed by atoms with Crippen LogP contribution in [0.25, 0.3) is 10.2 Å². The molecule has 0 spiro atoms. The minimum Gasteiger partial charge on any atom is -0.467 e. The second kappa shape index (κ2) is 7.40. The van der Waals surface area contributed by atoms with Gasteiger partial charge in [0.1, 0.15) is 21.4 Å². The molecule has 7 heteroatoms. The van der Waals surface area contributed by atoms with E-state index in [0.29, 0.717) is 12.3 Å². The van der Waals surface area contributed by atoms with Gasteiger partial charge < -0.3 is 9.73 Å². The number of hydrogen-bond donors (Lipinski definition) is 1. The van der Waals surface area contributed by atoms with Gasteiger partial charge in [0.15, 0.2) is 0 Å². The van der Waals surface area contributed by atoms with Gasteiger partial charge in [-0.05, 0) is 49.8 Å². The Morgan fingerprint density at radius 1 is 1.46 bits per heavy atom. The van der Waals surface area contributed by atoms with Crippen molar-refractivity contribution < 1.29 is 9.21 Å². The number of nitrogens with zero attached hydrogens (tertiary/aromatic N) is 2. The van der Waals surface area contributed by atoms with Gasteiger partial charge in [0, 0.05) is 10.3 Å². The van der Waals surface area contributed by atoms with E-state index in [1.54, 1.807) is 17.6 Å². The Labute approximate surface area is 160 Å². The lowest BCUT2D eigenvalue weighted by molar-refractivity contribution is -0.118. The van der Waals surface area contributed by atoms with Gasteiger partial charge in [-0.25, -0.2) is 9.97 Å². The highest BCUT2D eigenvalue weighted by Crippen LogP contribution is 2.40. The largest absolute Gasteiger partial charge is 0.467 e. The Kier molecular flexibility index (Phi) is 5.00. The van der Waals surface area contributed by atoms with Crippen molar-refractivity contribution in [2.45, 2.75) is 44.7 Å². The lowest BCUT2D eigenvalue weighted by atomic mass is 9.89. The minimum absolute atomic E-state index is 0.0199. The van der Waals surface area contributed by atoms with E-state index in [0.717, 1.165) is 40.2 Å². The summed E-state index contributed by atoms with van der Waals surface area (Å²) < 4.78 is 5.24. The first-order chi connectivity index (χ1) is 12.6. The normalized spacial score (nSPS) is 16.6. The summed E-state index contributed by atoms with van der Waals surface area (Å²) in [5.41, 5.74) is 1.40. The van der Waals surface area contributed by atoms with Crippen LogP contribution in [0.2, 0.25) is 0 Å². The number of rotatable bonds is 5. The molecule has 0 aromatic carbocycles. The zero-order chi connectivity index (χ0) is 18.1. The summed E-state index contributed by atoms with van der Waals surface area (Å²) in [6.07, 6.45) is 5.03. The fourth-order valence-corrected chi connectivity index (χ4v) is 5.72. The number of carbonyl (C=O) groups excluding carboxylic acids is 1. The Hall–Kier alpha value is -1.86. The van der Waals surface area contributed by atoms with Crippen LogP contribution in [0.1, 0.15) is 35.4 Å². The van der Waals surface area contributed by atoms with Crippen molar-refractivity contribution in [3.05, 3.63) is 40.4 Å². The zero-order valence-corrected chi connectivity index (χ0v) is 16.5. The Balaban J connectivity index is 1.51. The molecule has 1 aliphatic carbocycles. The highest BCUT2D eigenvalue weighted by atomic mass is 32.2. The highest BCUT2D eigenvalue weighted by molar-refractivity contribution is 8.00. The van der Waals surface area contributed by atoms with Crippen molar-refractivity contribution in [2.24, 2.45) is 5.92 Å². The smallest absolute Gasteiger partial charge is 0.230 e. The van der Waals surface area contributed by atoms with Crippen molar-refractivity contribution >= 4 is 39.2 Å². The monoisotopic (exact) mass is 387 g/mol. The van der Waals surface area contributed by atoms with Crippen LogP contribution in [0.4, 0.5) is 0 Å². The first-order valence-electron chi connectivity index (χ1n) is 8.81. The van der Waals surface area contributed by atoms with Gasteiger partial charge in [-0.1, -0.05) is 18.7 Å². The molecule has 136 valence electrons. The van der Waals surface area contributed by atoms with Crippen LogP contribution in [0.5, 0.6) is 0 Å². The molecule has 0 fully saturated rings. The summed E-state index contributed by atoms with van der Waals surface area (Å²) in [6.45, 7) is 4.64. The second-order valence-corrected chi connectivity index (χ2v) is 8.80. The molecule has 1 aliphatic rings. The molecule has 0 bridgehead atoms. The third-order valence-corrected chi connectivity index (χ3v) is 6.74. The summed E-state index contributed by atoms with van der Waals surface area (Å²) in [7, 11) is 0. The maximum Gasteiger partial charge on any atom is 0.230 e. The van der Waals surface area contributed by atoms with Crippen molar-refractivity contribution in [3.63, 3.8) is 0 Å². The van der Waals surface area contributed by atoms with Gasteiger partial charge in [0.2, 0.25) is 5.91 Å². The van der Waals surface area contributed by atoms with E-state index in [1.165, 1.54) is 34.0 Å². The number of fused-ring (bicyclic) bond motifs is 3. The van der Waals surface area contributed by atoms with Gasteiger partial charge in [0.05, 0.1) is 18.6 Å². The number of thiophene rings is 1. The van der Waals surface area contributed by atoms with Crippen molar-refractivity contribution in [2.75, 3.05) is 5.75 Å². The van der Waals surface area contributed by atoms with Crippen molar-refractivity contribution in [1.82, 2.24) is 15.3 Å². The van der Waals surface area contributed by atoms with Crippen LogP contribution in [0, 0.1) is 12.8 Å². The van der Waals surface area contributed by atoms with E-state index >= 15 is 0 Å². The Morgan fingerprint density at radius 3 is 3.15 bits per heavy atom. The van der Waals surface area contributed by atoms with Crippen LogP contribution in [-0.2, 0) is 24.2 Å². The van der Waals surface area contributed by atoms with Gasteiger partial charge in [-0.15, -0.1) is 11.3 Å². The number of thioether (sulfide) groups is 1. The molecular formula is C19H21N3O2S2. The minimum atomic E-state index is -0.0199. The first-order valence-corrected chi connectivity index (χ1v) is 10.6. The summed E-state index contributed by atoms with van der Waals surface area (Å²) in [6, 6.07) is 3.67. The molecule has 3 heterocycles. The van der Waals surface area contributed by atoms with Gasteiger partial charge in [0.25, 0.3) is 0 Å². The average Bonchev–Trinajstić information content (AvgIpc) is 3.24. The van der Waals surface area contributed by atoms with Crippen LogP contribution in [0.15, 0.2) is 27.8 Å². The Bertz CT molecular complexity index is 934. The van der Waals surface area contributed by atoms with Crippen LogP contribution >= 0.6 is 23.1 Å². The number of nitrogens with one attached hydrogen (secondary N) is 1. The predicted octanol–water partition coefficient (Wildman–Crippen LogP) is 4.13. The molecule has 4 rings (SSSR count). The molecule has 3 aromatic heterocycles. The molecule has 1 atom stereocenters. The van der Waals surface area contributed by atoms with Crippen LogP contribution < -0.4 is 5.32 Å². The first kappa shape index (κ1) is 17.5. The summed E-state index contributed by atoms with van der Waals surface area (Å²) in [5.74, 6) is 2.57. The van der Waals surface area contributed by atoms with Crippen LogP contribution in [-0.4, -0.2) is 21.6 Å². The summed E-state index contributed by atoms with van der Waals surface area (Å²) >= 11 is 3.30. The third-order valence-electron chi connectivity index (χ3n) is 4.61. The maximum absolute atomic E-state index is 12.2. The van der Waals surface area contributed by atoms with Gasteiger partial charge in [-0.2, -0.15) is 0 Å². The summed E-state index contributed by atoms with van der Waals surface area (Å²) in [4.78, 5) is 24.0. The van der Waals surface area contributed by atoms with Gasteiger partial charge in [-0.3, -0.25) is 4.79 Å². The molecule has 3 aromatic rings. The number of furan rings is 1. The van der Waals surface area contributed by atoms with E-state index < -0.39 is 0 Å². The number of aryl methyl sites for hydroxylation is 2. The summed E-state index contributed by atoms with van der Waals surface area (Å²) in [5, 5.41) is 5.00. The molecule has 1 N–H and O–H groups in total. The molecule has 0 aliphatic heterocycles. The SMILES string of the molecule is Cc1nc(SCC(=O)NCc2ccco2)c2c3c(sc2n1)CC(C)CC3.